The average Bonchev–Trinajstić information content (AvgIpc) is 2.75. The third-order valence-electron chi connectivity index (χ3n) is 2.41. The zero-order chi connectivity index (χ0) is 13.9. The molecule has 0 spiro atoms. The van der Waals surface area contributed by atoms with Gasteiger partial charge in [0.1, 0.15) is 10.7 Å². The van der Waals surface area contributed by atoms with Crippen molar-refractivity contribution in [2.24, 2.45) is 0 Å². The van der Waals surface area contributed by atoms with E-state index in [0.717, 1.165) is 0 Å². The molecule has 0 fully saturated rings. The second kappa shape index (κ2) is 5.31. The summed E-state index contributed by atoms with van der Waals surface area (Å²) in [6, 6.07) is 8.22. The maximum Gasteiger partial charge on any atom is 0.265 e. The first-order valence-corrected chi connectivity index (χ1v) is 7.30. The van der Waals surface area contributed by atoms with Crippen LogP contribution in [0.1, 0.15) is 12.7 Å². The number of hydrogen-bond donors (Lipinski definition) is 2. The Bertz CT molecular complexity index is 664. The molecular formula is C12H15N3O3S. The Balaban J connectivity index is 2.34. The molecular weight excluding hydrogens is 266 g/mol. The van der Waals surface area contributed by atoms with Crippen LogP contribution in [0.4, 0.5) is 11.5 Å². The summed E-state index contributed by atoms with van der Waals surface area (Å²) in [6.45, 7) is 4.23. The lowest BCUT2D eigenvalue weighted by molar-refractivity contribution is 0.400. The minimum absolute atomic E-state index is 0.170. The molecule has 1 aromatic carbocycles. The summed E-state index contributed by atoms with van der Waals surface area (Å²) in [4.78, 5) is 0.178. The van der Waals surface area contributed by atoms with Crippen LogP contribution < -0.4 is 10.0 Å². The summed E-state index contributed by atoms with van der Waals surface area (Å²) in [5, 5.41) is 6.63. The largest absolute Gasteiger partial charge is 0.384 e. The van der Waals surface area contributed by atoms with Gasteiger partial charge in [-0.15, -0.1) is 0 Å². The number of anilines is 2. The summed E-state index contributed by atoms with van der Waals surface area (Å²) in [7, 11) is -3.69. The Morgan fingerprint density at radius 3 is 2.68 bits per heavy atom. The lowest BCUT2D eigenvalue weighted by Gasteiger charge is -2.11. The van der Waals surface area contributed by atoms with Gasteiger partial charge in [0.15, 0.2) is 5.82 Å². The molecule has 0 aliphatic rings. The van der Waals surface area contributed by atoms with Gasteiger partial charge in [0.2, 0.25) is 0 Å². The molecule has 0 bridgehead atoms. The van der Waals surface area contributed by atoms with Gasteiger partial charge in [0, 0.05) is 12.6 Å². The molecule has 0 amide bonds. The first kappa shape index (κ1) is 13.4. The van der Waals surface area contributed by atoms with E-state index in [1.165, 1.54) is 12.1 Å². The van der Waals surface area contributed by atoms with Gasteiger partial charge in [-0.2, -0.15) is 0 Å². The number of benzene rings is 1. The van der Waals surface area contributed by atoms with Gasteiger partial charge in [-0.25, -0.2) is 8.42 Å². The number of hydrogen-bond acceptors (Lipinski definition) is 5. The third-order valence-corrected chi connectivity index (χ3v) is 3.82. The molecule has 2 rings (SSSR count). The molecule has 0 saturated carbocycles. The Morgan fingerprint density at radius 1 is 1.32 bits per heavy atom. The Hall–Kier alpha value is -2.02. The molecule has 2 N–H and O–H groups in total. The van der Waals surface area contributed by atoms with Crippen molar-refractivity contribution in [1.82, 2.24) is 5.16 Å². The fraction of sp³-hybridized carbons (Fsp3) is 0.250. The number of nitrogens with zero attached hydrogens (tertiary/aromatic N) is 1. The standard InChI is InChI=1S/C12H15N3O3S/c1-3-13-10-6-4-5-7-11(10)19(16,17)15-12-8-9(2)18-14-12/h4-8,13H,3H2,1-2H3,(H,14,15). The topological polar surface area (TPSA) is 84.2 Å². The summed E-state index contributed by atoms with van der Waals surface area (Å²) < 4.78 is 31.8. The van der Waals surface area contributed by atoms with Gasteiger partial charge >= 0.3 is 0 Å². The van der Waals surface area contributed by atoms with Crippen LogP contribution >= 0.6 is 0 Å². The van der Waals surface area contributed by atoms with E-state index >= 15 is 0 Å². The summed E-state index contributed by atoms with van der Waals surface area (Å²) >= 11 is 0. The molecule has 2 aromatic rings. The first-order valence-electron chi connectivity index (χ1n) is 5.82. The van der Waals surface area contributed by atoms with Crippen molar-refractivity contribution in [3.8, 4) is 0 Å². The highest BCUT2D eigenvalue weighted by molar-refractivity contribution is 7.92. The number of nitrogens with one attached hydrogen (secondary N) is 2. The van der Waals surface area contributed by atoms with Gasteiger partial charge < -0.3 is 9.84 Å². The van der Waals surface area contributed by atoms with Crippen molar-refractivity contribution in [1.29, 1.82) is 0 Å². The smallest absolute Gasteiger partial charge is 0.265 e. The Labute approximate surface area is 111 Å². The number of sulfonamides is 1. The molecule has 6 nitrogen and oxygen atoms in total. The van der Waals surface area contributed by atoms with Gasteiger partial charge in [0.05, 0.1) is 5.69 Å². The van der Waals surface area contributed by atoms with Crippen LogP contribution in [0.2, 0.25) is 0 Å². The summed E-state index contributed by atoms with van der Waals surface area (Å²) in [5.74, 6) is 0.710. The molecule has 102 valence electrons. The molecule has 0 radical (unpaired) electrons. The number of aryl methyl sites for hydroxylation is 1. The van der Waals surface area contributed by atoms with E-state index in [9.17, 15) is 8.42 Å². The quantitative estimate of drug-likeness (QED) is 0.877. The van der Waals surface area contributed by atoms with Crippen molar-refractivity contribution in [2.75, 3.05) is 16.6 Å². The molecule has 19 heavy (non-hydrogen) atoms. The van der Waals surface area contributed by atoms with Crippen molar-refractivity contribution in [2.45, 2.75) is 18.7 Å². The predicted octanol–water partition coefficient (Wildman–Crippen LogP) is 2.22. The lowest BCUT2D eigenvalue weighted by Crippen LogP contribution is -2.15. The van der Waals surface area contributed by atoms with E-state index in [1.807, 2.05) is 6.92 Å². The van der Waals surface area contributed by atoms with E-state index in [0.29, 0.717) is 18.0 Å². The molecule has 0 unspecified atom stereocenters. The third kappa shape index (κ3) is 3.05. The highest BCUT2D eigenvalue weighted by Crippen LogP contribution is 2.23. The van der Waals surface area contributed by atoms with E-state index in [4.69, 9.17) is 4.52 Å². The number of aromatic nitrogens is 1. The van der Waals surface area contributed by atoms with Crippen LogP contribution in [-0.4, -0.2) is 20.1 Å². The van der Waals surface area contributed by atoms with Crippen molar-refractivity contribution in [3.05, 3.63) is 36.1 Å². The maximum atomic E-state index is 12.3. The Morgan fingerprint density at radius 2 is 2.05 bits per heavy atom. The SMILES string of the molecule is CCNc1ccccc1S(=O)(=O)Nc1cc(C)on1. The van der Waals surface area contributed by atoms with Crippen LogP contribution in [-0.2, 0) is 10.0 Å². The number of para-hydroxylation sites is 1. The van der Waals surface area contributed by atoms with Gasteiger partial charge in [-0.3, -0.25) is 4.72 Å². The van der Waals surface area contributed by atoms with Gasteiger partial charge in [0.25, 0.3) is 10.0 Å². The monoisotopic (exact) mass is 281 g/mol. The summed E-state index contributed by atoms with van der Waals surface area (Å²) in [6.07, 6.45) is 0. The Kier molecular flexibility index (Phi) is 3.75. The second-order valence-electron chi connectivity index (χ2n) is 3.95. The van der Waals surface area contributed by atoms with Crippen LogP contribution in [0.3, 0.4) is 0 Å². The highest BCUT2D eigenvalue weighted by Gasteiger charge is 2.19. The second-order valence-corrected chi connectivity index (χ2v) is 5.61. The molecule has 7 heteroatoms. The average molecular weight is 281 g/mol. The fourth-order valence-electron chi connectivity index (χ4n) is 1.64. The van der Waals surface area contributed by atoms with Crippen LogP contribution in [0.5, 0.6) is 0 Å². The maximum absolute atomic E-state index is 12.3. The lowest BCUT2D eigenvalue weighted by atomic mass is 10.3. The van der Waals surface area contributed by atoms with E-state index in [-0.39, 0.29) is 10.7 Å². The zero-order valence-corrected chi connectivity index (χ0v) is 11.5. The van der Waals surface area contributed by atoms with Crippen LogP contribution in [0.15, 0.2) is 39.8 Å². The minimum Gasteiger partial charge on any atom is -0.384 e. The van der Waals surface area contributed by atoms with Crippen molar-refractivity contribution >= 4 is 21.5 Å². The van der Waals surface area contributed by atoms with Crippen molar-refractivity contribution < 1.29 is 12.9 Å². The normalized spacial score (nSPS) is 11.3. The molecule has 0 aliphatic heterocycles. The van der Waals surface area contributed by atoms with Gasteiger partial charge in [-0.05, 0) is 26.0 Å². The molecule has 0 saturated heterocycles. The number of rotatable bonds is 5. The van der Waals surface area contributed by atoms with Crippen LogP contribution in [0, 0.1) is 6.92 Å². The minimum atomic E-state index is -3.69. The summed E-state index contributed by atoms with van der Waals surface area (Å²) in [5.41, 5.74) is 0.553. The van der Waals surface area contributed by atoms with E-state index in [2.05, 4.69) is 15.2 Å². The fourth-order valence-corrected chi connectivity index (χ4v) is 2.81. The molecule has 1 aromatic heterocycles. The predicted molar refractivity (Wildman–Crippen MR) is 72.7 cm³/mol. The van der Waals surface area contributed by atoms with E-state index in [1.54, 1.807) is 25.1 Å². The van der Waals surface area contributed by atoms with E-state index < -0.39 is 10.0 Å². The molecule has 0 atom stereocenters. The van der Waals surface area contributed by atoms with Gasteiger partial charge in [-0.1, -0.05) is 17.3 Å². The molecule has 0 aliphatic carbocycles. The first-order chi connectivity index (χ1) is 9.03. The molecule has 1 heterocycles. The highest BCUT2D eigenvalue weighted by atomic mass is 32.2. The zero-order valence-electron chi connectivity index (χ0n) is 10.7. The van der Waals surface area contributed by atoms with Crippen molar-refractivity contribution in [3.63, 3.8) is 0 Å². The van der Waals surface area contributed by atoms with Crippen LogP contribution in [0.25, 0.3) is 0 Å².